The number of benzene rings is 2. The van der Waals surface area contributed by atoms with Crippen molar-refractivity contribution in [3.8, 4) is 17.3 Å². The maximum absolute atomic E-state index is 13.9. The van der Waals surface area contributed by atoms with Crippen LogP contribution in [0, 0.1) is 23.0 Å². The van der Waals surface area contributed by atoms with Gasteiger partial charge in [-0.15, -0.1) is 0 Å². The summed E-state index contributed by atoms with van der Waals surface area (Å²) in [5.74, 6) is -3.43. The molecule has 8 nitrogen and oxygen atoms in total. The third-order valence-electron chi connectivity index (χ3n) is 5.62. The van der Waals surface area contributed by atoms with Crippen LogP contribution in [-0.4, -0.2) is 33.2 Å². The lowest BCUT2D eigenvalue weighted by Crippen LogP contribution is -2.46. The first kappa shape index (κ1) is 23.7. The first-order valence-electron chi connectivity index (χ1n) is 9.97. The van der Waals surface area contributed by atoms with E-state index < -0.39 is 46.9 Å². The van der Waals surface area contributed by atoms with Crippen LogP contribution in [0.25, 0.3) is 11.3 Å². The zero-order chi connectivity index (χ0) is 25.7. The molecule has 1 aromatic heterocycles. The van der Waals surface area contributed by atoms with E-state index in [-0.39, 0.29) is 41.2 Å². The van der Waals surface area contributed by atoms with E-state index in [1.807, 2.05) is 0 Å². The van der Waals surface area contributed by atoms with E-state index in [0.717, 1.165) is 29.2 Å². The molecule has 35 heavy (non-hydrogen) atoms. The molecule has 1 atom stereocenters. The number of hydrogen-bond acceptors (Lipinski definition) is 4. The number of fused-ring (bicyclic) bond motifs is 1. The molecule has 180 valence electrons. The molecule has 3 amide bonds. The number of carbonyl (C=O) groups is 2. The Balaban J connectivity index is 2.01. The van der Waals surface area contributed by atoms with Gasteiger partial charge < -0.3 is 16.4 Å². The summed E-state index contributed by atoms with van der Waals surface area (Å²) in [6.45, 7) is -0.105. The third kappa shape index (κ3) is 4.03. The van der Waals surface area contributed by atoms with E-state index in [0.29, 0.717) is 6.07 Å². The van der Waals surface area contributed by atoms with Crippen molar-refractivity contribution in [2.75, 3.05) is 6.54 Å². The molecule has 0 saturated heterocycles. The van der Waals surface area contributed by atoms with Gasteiger partial charge in [0.25, 0.3) is 5.91 Å². The second kappa shape index (κ2) is 8.39. The largest absolute Gasteiger partial charge is 0.417 e. The molecule has 2 aromatic carbocycles. The summed E-state index contributed by atoms with van der Waals surface area (Å²) in [5.41, 5.74) is 8.54. The standard InChI is InChI=1S/C22H15F5N6O2/c23-14-4-3-10(8-15(14)24)17-16(20(29)34)19-18(32(21(30)35)5-6-33(19)31-17)11-1-2-12(9-28)13(7-11)22(25,26)27/h1-4,7-8,18H,5-6H2,(H2,29,34)(H2,30,35). The average Bonchev–Trinajstić information content (AvgIpc) is 3.19. The summed E-state index contributed by atoms with van der Waals surface area (Å²) in [7, 11) is 0. The lowest BCUT2D eigenvalue weighted by molar-refractivity contribution is -0.137. The number of hydrogen-bond donors (Lipinski definition) is 2. The van der Waals surface area contributed by atoms with Crippen molar-refractivity contribution >= 4 is 11.9 Å². The lowest BCUT2D eigenvalue weighted by atomic mass is 9.92. The number of nitriles is 1. The van der Waals surface area contributed by atoms with E-state index in [1.165, 1.54) is 16.8 Å². The van der Waals surface area contributed by atoms with Gasteiger partial charge in [0, 0.05) is 12.1 Å². The first-order valence-corrected chi connectivity index (χ1v) is 9.97. The molecule has 1 aliphatic heterocycles. The number of urea groups is 1. The van der Waals surface area contributed by atoms with Crippen molar-refractivity contribution in [1.29, 1.82) is 5.26 Å². The highest BCUT2D eigenvalue weighted by molar-refractivity contribution is 6.00. The molecule has 0 saturated carbocycles. The monoisotopic (exact) mass is 490 g/mol. The van der Waals surface area contributed by atoms with Crippen molar-refractivity contribution in [2.45, 2.75) is 18.8 Å². The van der Waals surface area contributed by atoms with E-state index in [9.17, 15) is 31.5 Å². The van der Waals surface area contributed by atoms with E-state index in [4.69, 9.17) is 16.7 Å². The van der Waals surface area contributed by atoms with Gasteiger partial charge in [-0.3, -0.25) is 9.48 Å². The third-order valence-corrected chi connectivity index (χ3v) is 5.62. The Morgan fingerprint density at radius 3 is 2.34 bits per heavy atom. The number of nitrogens with zero attached hydrogens (tertiary/aromatic N) is 4. The summed E-state index contributed by atoms with van der Waals surface area (Å²) in [6, 6.07) is 4.71. The fourth-order valence-electron chi connectivity index (χ4n) is 4.13. The van der Waals surface area contributed by atoms with Crippen LogP contribution in [-0.2, 0) is 12.7 Å². The van der Waals surface area contributed by atoms with Crippen molar-refractivity contribution in [3.05, 3.63) is 76.0 Å². The number of nitrogens with two attached hydrogens (primary N) is 2. The molecule has 0 bridgehead atoms. The predicted molar refractivity (Wildman–Crippen MR) is 110 cm³/mol. The van der Waals surface area contributed by atoms with Crippen LogP contribution < -0.4 is 11.5 Å². The summed E-state index contributed by atoms with van der Waals surface area (Å²) in [6.07, 6.45) is -4.89. The van der Waals surface area contributed by atoms with Gasteiger partial charge in [-0.25, -0.2) is 13.6 Å². The minimum Gasteiger partial charge on any atom is -0.365 e. The minimum atomic E-state index is -4.89. The highest BCUT2D eigenvalue weighted by Gasteiger charge is 2.40. The van der Waals surface area contributed by atoms with Crippen LogP contribution in [0.1, 0.15) is 38.8 Å². The Morgan fingerprint density at radius 1 is 1.06 bits per heavy atom. The number of rotatable bonds is 3. The number of aromatic nitrogens is 2. The summed E-state index contributed by atoms with van der Waals surface area (Å²) in [4.78, 5) is 25.8. The predicted octanol–water partition coefficient (Wildman–Crippen LogP) is 3.30. The zero-order valence-corrected chi connectivity index (χ0v) is 17.6. The van der Waals surface area contributed by atoms with Gasteiger partial charge in [0.1, 0.15) is 11.7 Å². The molecule has 3 aromatic rings. The van der Waals surface area contributed by atoms with Crippen molar-refractivity contribution in [1.82, 2.24) is 14.7 Å². The van der Waals surface area contributed by atoms with E-state index in [2.05, 4.69) is 5.10 Å². The maximum atomic E-state index is 13.9. The van der Waals surface area contributed by atoms with Gasteiger partial charge in [-0.2, -0.15) is 23.5 Å². The fraction of sp³-hybridized carbons (Fsp3) is 0.182. The molecule has 2 heterocycles. The highest BCUT2D eigenvalue weighted by atomic mass is 19.4. The Hall–Kier alpha value is -4.47. The second-order valence-electron chi connectivity index (χ2n) is 7.67. The number of halogens is 5. The Bertz CT molecular complexity index is 1410. The second-order valence-corrected chi connectivity index (χ2v) is 7.67. The van der Waals surface area contributed by atoms with Gasteiger partial charge in [0.15, 0.2) is 11.6 Å². The molecule has 1 aliphatic rings. The summed E-state index contributed by atoms with van der Waals surface area (Å²) in [5, 5.41) is 13.4. The van der Waals surface area contributed by atoms with Gasteiger partial charge in [0.2, 0.25) is 0 Å². The van der Waals surface area contributed by atoms with Crippen LogP contribution in [0.15, 0.2) is 36.4 Å². The average molecular weight is 490 g/mol. The SMILES string of the molecule is N#Cc1ccc(C2c3c(C(N)=O)c(-c4ccc(F)c(F)c4)nn3CCN2C(N)=O)cc1C(F)(F)F. The fourth-order valence-corrected chi connectivity index (χ4v) is 4.13. The molecular formula is C22H15F5N6O2. The minimum absolute atomic E-state index is 0.0128. The number of primary amides is 2. The quantitative estimate of drug-likeness (QED) is 0.546. The normalized spacial score (nSPS) is 15.4. The Labute approximate surface area is 194 Å². The van der Waals surface area contributed by atoms with E-state index >= 15 is 0 Å². The molecular weight excluding hydrogens is 475 g/mol. The molecule has 0 radical (unpaired) electrons. The molecule has 0 aliphatic carbocycles. The van der Waals surface area contributed by atoms with Gasteiger partial charge in [0.05, 0.1) is 35.0 Å². The Morgan fingerprint density at radius 2 is 1.77 bits per heavy atom. The molecule has 13 heteroatoms. The highest BCUT2D eigenvalue weighted by Crippen LogP contribution is 2.41. The van der Waals surface area contributed by atoms with E-state index in [1.54, 1.807) is 0 Å². The lowest BCUT2D eigenvalue weighted by Gasteiger charge is -2.36. The number of carbonyl (C=O) groups excluding carboxylic acids is 2. The number of amides is 3. The van der Waals surface area contributed by atoms with Crippen molar-refractivity contribution in [3.63, 3.8) is 0 Å². The van der Waals surface area contributed by atoms with Crippen molar-refractivity contribution < 1.29 is 31.5 Å². The van der Waals surface area contributed by atoms with Crippen molar-refractivity contribution in [2.24, 2.45) is 11.5 Å². The number of alkyl halides is 3. The van der Waals surface area contributed by atoms with Crippen LogP contribution in [0.5, 0.6) is 0 Å². The van der Waals surface area contributed by atoms with Gasteiger partial charge >= 0.3 is 12.2 Å². The van der Waals surface area contributed by atoms with Gasteiger partial charge in [-0.05, 0) is 35.9 Å². The molecule has 0 fully saturated rings. The Kier molecular flexibility index (Phi) is 5.68. The van der Waals surface area contributed by atoms with Crippen LogP contribution >= 0.6 is 0 Å². The summed E-state index contributed by atoms with van der Waals surface area (Å²) < 4.78 is 69.5. The van der Waals surface area contributed by atoms with Crippen LogP contribution in [0.2, 0.25) is 0 Å². The topological polar surface area (TPSA) is 131 Å². The van der Waals surface area contributed by atoms with Crippen LogP contribution in [0.3, 0.4) is 0 Å². The molecule has 4 rings (SSSR count). The smallest absolute Gasteiger partial charge is 0.365 e. The molecule has 1 unspecified atom stereocenters. The molecule has 0 spiro atoms. The summed E-state index contributed by atoms with van der Waals surface area (Å²) >= 11 is 0. The van der Waals surface area contributed by atoms with Crippen LogP contribution in [0.4, 0.5) is 26.7 Å². The zero-order valence-electron chi connectivity index (χ0n) is 17.6. The first-order chi connectivity index (χ1) is 16.4. The van der Waals surface area contributed by atoms with Gasteiger partial charge in [-0.1, -0.05) is 6.07 Å². The molecule has 4 N–H and O–H groups in total. The maximum Gasteiger partial charge on any atom is 0.417 e.